The summed E-state index contributed by atoms with van der Waals surface area (Å²) in [6.07, 6.45) is 0.701. The van der Waals surface area contributed by atoms with Crippen LogP contribution in [0.15, 0.2) is 0 Å². The predicted molar refractivity (Wildman–Crippen MR) is 58.4 cm³/mol. The number of piperazine rings is 1. The predicted octanol–water partition coefficient (Wildman–Crippen LogP) is 0.991. The second-order valence-electron chi connectivity index (χ2n) is 4.23. The number of nitrogens with zero attached hydrogens (tertiary/aromatic N) is 2. The first-order chi connectivity index (χ1) is 6.63. The molecule has 1 heterocycles. The average Bonchev–Trinajstić information content (AvgIpc) is 2.17. The minimum absolute atomic E-state index is 0.301. The minimum Gasteiger partial charge on any atom is -0.301 e. The topological polar surface area (TPSA) is 23.6 Å². The van der Waals surface area contributed by atoms with E-state index in [1.165, 1.54) is 0 Å². The number of ketones is 1. The maximum absolute atomic E-state index is 11.0. The van der Waals surface area contributed by atoms with Crippen LogP contribution >= 0.6 is 0 Å². The van der Waals surface area contributed by atoms with Crippen molar-refractivity contribution in [1.82, 2.24) is 9.80 Å². The van der Waals surface area contributed by atoms with Crippen molar-refractivity contribution < 1.29 is 4.79 Å². The second kappa shape index (κ2) is 5.47. The first-order valence-corrected chi connectivity index (χ1v) is 5.59. The fourth-order valence-corrected chi connectivity index (χ4v) is 2.07. The summed E-state index contributed by atoms with van der Waals surface area (Å²) in [6.45, 7) is 11.7. The third kappa shape index (κ3) is 3.39. The number of Topliss-reactive ketones (excluding diaryl/α,β-unsaturated/α-hetero) is 1. The molecule has 0 aromatic rings. The van der Waals surface area contributed by atoms with E-state index in [1.807, 2.05) is 0 Å². The molecule has 1 fully saturated rings. The van der Waals surface area contributed by atoms with Crippen LogP contribution in [-0.2, 0) is 4.79 Å². The van der Waals surface area contributed by atoms with Gasteiger partial charge in [0, 0.05) is 38.6 Å². The molecule has 1 unspecified atom stereocenters. The van der Waals surface area contributed by atoms with Crippen molar-refractivity contribution in [2.24, 2.45) is 0 Å². The molecule has 1 aliphatic rings. The molecule has 0 aromatic carbocycles. The third-order valence-corrected chi connectivity index (χ3v) is 3.06. The summed E-state index contributed by atoms with van der Waals surface area (Å²) in [5.41, 5.74) is 0. The molecule has 14 heavy (non-hydrogen) atoms. The molecule has 1 saturated heterocycles. The van der Waals surface area contributed by atoms with E-state index in [0.29, 0.717) is 18.2 Å². The lowest BCUT2D eigenvalue weighted by Crippen LogP contribution is -2.49. The summed E-state index contributed by atoms with van der Waals surface area (Å²) < 4.78 is 0. The van der Waals surface area contributed by atoms with E-state index in [2.05, 4.69) is 23.6 Å². The van der Waals surface area contributed by atoms with Gasteiger partial charge >= 0.3 is 0 Å². The Kier molecular flexibility index (Phi) is 4.55. The fourth-order valence-electron chi connectivity index (χ4n) is 2.07. The molecule has 1 atom stereocenters. The summed E-state index contributed by atoms with van der Waals surface area (Å²) in [7, 11) is 0. The van der Waals surface area contributed by atoms with Crippen molar-refractivity contribution in [3.63, 3.8) is 0 Å². The zero-order chi connectivity index (χ0) is 10.6. The van der Waals surface area contributed by atoms with E-state index in [9.17, 15) is 4.79 Å². The highest BCUT2D eigenvalue weighted by Crippen LogP contribution is 2.08. The Morgan fingerprint density at radius 1 is 1.29 bits per heavy atom. The molecule has 82 valence electrons. The molecule has 0 N–H and O–H groups in total. The van der Waals surface area contributed by atoms with E-state index in [1.54, 1.807) is 6.92 Å². The minimum atomic E-state index is 0.301. The van der Waals surface area contributed by atoms with Gasteiger partial charge in [0.2, 0.25) is 0 Å². The highest BCUT2D eigenvalue weighted by atomic mass is 16.1. The van der Waals surface area contributed by atoms with Gasteiger partial charge in [0.1, 0.15) is 5.78 Å². The monoisotopic (exact) mass is 198 g/mol. The van der Waals surface area contributed by atoms with Crippen LogP contribution in [-0.4, -0.2) is 54.3 Å². The summed E-state index contributed by atoms with van der Waals surface area (Å²) in [4.78, 5) is 15.9. The van der Waals surface area contributed by atoms with Gasteiger partial charge in [-0.1, -0.05) is 6.92 Å². The summed E-state index contributed by atoms with van der Waals surface area (Å²) in [6, 6.07) is 0.423. The van der Waals surface area contributed by atoms with Crippen LogP contribution in [0.1, 0.15) is 27.2 Å². The Labute approximate surface area is 87.1 Å². The Balaban J connectivity index is 2.30. The maximum atomic E-state index is 11.0. The van der Waals surface area contributed by atoms with Crippen LogP contribution in [0.4, 0.5) is 0 Å². The molecular weight excluding hydrogens is 176 g/mol. The van der Waals surface area contributed by atoms with E-state index in [4.69, 9.17) is 0 Å². The molecule has 0 amide bonds. The lowest BCUT2D eigenvalue weighted by atomic mass is 10.1. The normalized spacial score (nSPS) is 22.2. The lowest BCUT2D eigenvalue weighted by molar-refractivity contribution is -0.118. The van der Waals surface area contributed by atoms with Gasteiger partial charge in [-0.15, -0.1) is 0 Å². The van der Waals surface area contributed by atoms with Gasteiger partial charge in [-0.25, -0.2) is 0 Å². The van der Waals surface area contributed by atoms with Gasteiger partial charge in [-0.2, -0.15) is 0 Å². The first kappa shape index (κ1) is 11.7. The van der Waals surface area contributed by atoms with Gasteiger partial charge < -0.3 is 4.90 Å². The Hall–Kier alpha value is -0.410. The van der Waals surface area contributed by atoms with Gasteiger partial charge in [0.05, 0.1) is 0 Å². The van der Waals surface area contributed by atoms with Gasteiger partial charge in [-0.3, -0.25) is 9.69 Å². The molecule has 3 heteroatoms. The Morgan fingerprint density at radius 3 is 2.29 bits per heavy atom. The molecule has 0 radical (unpaired) electrons. The molecule has 0 aromatic heterocycles. The molecule has 3 nitrogen and oxygen atoms in total. The number of hydrogen-bond acceptors (Lipinski definition) is 3. The lowest BCUT2D eigenvalue weighted by Gasteiger charge is -2.37. The number of carbonyl (C=O) groups excluding carboxylic acids is 1. The molecule has 1 aliphatic heterocycles. The third-order valence-electron chi connectivity index (χ3n) is 3.06. The van der Waals surface area contributed by atoms with E-state index in [0.717, 1.165) is 32.7 Å². The number of hydrogen-bond donors (Lipinski definition) is 0. The summed E-state index contributed by atoms with van der Waals surface area (Å²) in [5, 5.41) is 0. The van der Waals surface area contributed by atoms with E-state index in [-0.39, 0.29) is 0 Å². The highest BCUT2D eigenvalue weighted by molar-refractivity contribution is 5.76. The quantitative estimate of drug-likeness (QED) is 0.673. The van der Waals surface area contributed by atoms with Crippen LogP contribution in [0.2, 0.25) is 0 Å². The summed E-state index contributed by atoms with van der Waals surface area (Å²) in [5.74, 6) is 0.301. The van der Waals surface area contributed by atoms with Gasteiger partial charge in [-0.05, 0) is 20.4 Å². The smallest absolute Gasteiger partial charge is 0.131 e. The first-order valence-electron chi connectivity index (χ1n) is 5.59. The molecule has 0 bridgehead atoms. The number of likely N-dealkylation sites (N-methyl/N-ethyl adjacent to an activating group) is 1. The fraction of sp³-hybridized carbons (Fsp3) is 0.909. The zero-order valence-corrected chi connectivity index (χ0v) is 9.62. The van der Waals surface area contributed by atoms with Gasteiger partial charge in [0.15, 0.2) is 0 Å². The molecular formula is C11H22N2O. The van der Waals surface area contributed by atoms with Crippen LogP contribution < -0.4 is 0 Å². The van der Waals surface area contributed by atoms with Crippen molar-refractivity contribution in [3.05, 3.63) is 0 Å². The van der Waals surface area contributed by atoms with Crippen molar-refractivity contribution >= 4 is 5.78 Å². The second-order valence-corrected chi connectivity index (χ2v) is 4.23. The van der Waals surface area contributed by atoms with Gasteiger partial charge in [0.25, 0.3) is 0 Å². The molecule has 0 saturated carbocycles. The Morgan fingerprint density at radius 2 is 1.86 bits per heavy atom. The standard InChI is InChI=1S/C11H22N2O/c1-4-12-5-7-13(8-6-12)10(2)9-11(3)14/h10H,4-9H2,1-3H3. The Bertz CT molecular complexity index is 186. The van der Waals surface area contributed by atoms with Crippen LogP contribution in [0.3, 0.4) is 0 Å². The SMILES string of the molecule is CCN1CCN(C(C)CC(C)=O)CC1. The average molecular weight is 198 g/mol. The number of rotatable bonds is 4. The van der Waals surface area contributed by atoms with Crippen molar-refractivity contribution in [1.29, 1.82) is 0 Å². The number of carbonyl (C=O) groups is 1. The maximum Gasteiger partial charge on any atom is 0.131 e. The largest absolute Gasteiger partial charge is 0.301 e. The van der Waals surface area contributed by atoms with Crippen molar-refractivity contribution in [3.8, 4) is 0 Å². The van der Waals surface area contributed by atoms with E-state index < -0.39 is 0 Å². The van der Waals surface area contributed by atoms with E-state index >= 15 is 0 Å². The summed E-state index contributed by atoms with van der Waals surface area (Å²) >= 11 is 0. The van der Waals surface area contributed by atoms with Crippen molar-refractivity contribution in [2.75, 3.05) is 32.7 Å². The van der Waals surface area contributed by atoms with Crippen LogP contribution in [0.25, 0.3) is 0 Å². The molecule has 0 aliphatic carbocycles. The van der Waals surface area contributed by atoms with Crippen LogP contribution in [0.5, 0.6) is 0 Å². The zero-order valence-electron chi connectivity index (χ0n) is 9.62. The molecule has 1 rings (SSSR count). The highest BCUT2D eigenvalue weighted by Gasteiger charge is 2.20. The van der Waals surface area contributed by atoms with Crippen LogP contribution in [0, 0.1) is 0 Å². The van der Waals surface area contributed by atoms with Crippen molar-refractivity contribution in [2.45, 2.75) is 33.2 Å². The molecule has 0 spiro atoms.